The van der Waals surface area contributed by atoms with Gasteiger partial charge in [-0.3, -0.25) is 0 Å². The van der Waals surface area contributed by atoms with E-state index in [9.17, 15) is 13.2 Å². The van der Waals surface area contributed by atoms with E-state index >= 15 is 0 Å². The minimum atomic E-state index is -3.45. The molecule has 7 heteroatoms. The van der Waals surface area contributed by atoms with Crippen molar-refractivity contribution in [3.8, 4) is 0 Å². The molecule has 0 saturated carbocycles. The Kier molecular flexibility index (Phi) is 6.22. The van der Waals surface area contributed by atoms with E-state index in [2.05, 4.69) is 16.7 Å². The lowest BCUT2D eigenvalue weighted by molar-refractivity contribution is -0.143. The van der Waals surface area contributed by atoms with Gasteiger partial charge in [0.25, 0.3) is 0 Å². The summed E-state index contributed by atoms with van der Waals surface area (Å²) >= 11 is 0. The third-order valence-electron chi connectivity index (χ3n) is 3.08. The van der Waals surface area contributed by atoms with Crippen molar-refractivity contribution in [2.24, 2.45) is 0 Å². The van der Waals surface area contributed by atoms with Gasteiger partial charge in [0.2, 0.25) is 0 Å². The Morgan fingerprint density at radius 1 is 1.05 bits per heavy atom. The summed E-state index contributed by atoms with van der Waals surface area (Å²) in [6, 6.07) is 0. The van der Waals surface area contributed by atoms with Crippen LogP contribution in [0.5, 0.6) is 0 Å². The van der Waals surface area contributed by atoms with Crippen molar-refractivity contribution in [1.29, 1.82) is 0 Å². The fourth-order valence-corrected chi connectivity index (χ4v) is 3.46. The molecule has 112 valence electrons. The first-order valence-corrected chi connectivity index (χ1v) is 8.55. The van der Waals surface area contributed by atoms with Crippen molar-refractivity contribution in [1.82, 2.24) is 0 Å². The molecule has 19 heavy (non-hydrogen) atoms. The molecule has 0 aliphatic carbocycles. The lowest BCUT2D eigenvalue weighted by atomic mass is 10.1. The van der Waals surface area contributed by atoms with Gasteiger partial charge in [-0.05, 0) is 6.42 Å². The van der Waals surface area contributed by atoms with E-state index < -0.39 is 27.3 Å². The summed E-state index contributed by atoms with van der Waals surface area (Å²) in [7, 11) is -3.45. The molecule has 0 amide bonds. The second-order valence-electron chi connectivity index (χ2n) is 4.94. The quantitative estimate of drug-likeness (QED) is 0.355. The van der Waals surface area contributed by atoms with Gasteiger partial charge in [-0.25, -0.2) is 13.2 Å². The number of rotatable bonds is 11. The summed E-state index contributed by atoms with van der Waals surface area (Å²) in [5.74, 6) is -3.95. The van der Waals surface area contributed by atoms with Crippen molar-refractivity contribution in [3.63, 3.8) is 0 Å². The SMILES string of the molecule is CCCCCCCCCS(=O)(=O)CC1(C(=O)O)OO1. The molecule has 1 heterocycles. The van der Waals surface area contributed by atoms with Crippen LogP contribution >= 0.6 is 0 Å². The minimum absolute atomic E-state index is 0.0114. The molecule has 0 radical (unpaired) electrons. The second-order valence-corrected chi connectivity index (χ2v) is 7.12. The maximum atomic E-state index is 11.7. The van der Waals surface area contributed by atoms with Gasteiger partial charge in [0.15, 0.2) is 9.84 Å². The number of carboxylic acid groups (broad SMARTS) is 1. The van der Waals surface area contributed by atoms with Crippen LogP contribution in [0.4, 0.5) is 0 Å². The Morgan fingerprint density at radius 2 is 1.58 bits per heavy atom. The minimum Gasteiger partial charge on any atom is -0.477 e. The van der Waals surface area contributed by atoms with Crippen molar-refractivity contribution >= 4 is 15.8 Å². The molecule has 0 atom stereocenters. The molecule has 1 aliphatic heterocycles. The molecule has 0 aromatic heterocycles. The largest absolute Gasteiger partial charge is 0.477 e. The monoisotopic (exact) mass is 294 g/mol. The van der Waals surface area contributed by atoms with Crippen LogP contribution in [-0.2, 0) is 24.4 Å². The molecule has 1 rings (SSSR count). The van der Waals surface area contributed by atoms with E-state index in [-0.39, 0.29) is 5.75 Å². The first kappa shape index (κ1) is 16.4. The van der Waals surface area contributed by atoms with Gasteiger partial charge in [-0.15, -0.1) is 0 Å². The molecule has 0 aromatic carbocycles. The molecular weight excluding hydrogens is 272 g/mol. The van der Waals surface area contributed by atoms with Gasteiger partial charge in [-0.1, -0.05) is 45.4 Å². The van der Waals surface area contributed by atoms with Gasteiger partial charge in [0, 0.05) is 0 Å². The van der Waals surface area contributed by atoms with E-state index in [1.165, 1.54) is 19.3 Å². The number of carbonyl (C=O) groups is 1. The van der Waals surface area contributed by atoms with E-state index in [0.29, 0.717) is 6.42 Å². The zero-order valence-corrected chi connectivity index (χ0v) is 12.1. The summed E-state index contributed by atoms with van der Waals surface area (Å²) in [6.07, 6.45) is 7.15. The second kappa shape index (κ2) is 7.21. The smallest absolute Gasteiger partial charge is 0.371 e. The summed E-state index contributed by atoms with van der Waals surface area (Å²) < 4.78 is 23.4. The number of unbranched alkanes of at least 4 members (excludes halogenated alkanes) is 6. The van der Waals surface area contributed by atoms with Crippen LogP contribution in [0.1, 0.15) is 51.9 Å². The number of sulfone groups is 1. The van der Waals surface area contributed by atoms with Crippen molar-refractivity contribution < 1.29 is 28.1 Å². The number of carboxylic acids is 1. The van der Waals surface area contributed by atoms with Crippen LogP contribution in [0.3, 0.4) is 0 Å². The van der Waals surface area contributed by atoms with Crippen LogP contribution < -0.4 is 0 Å². The molecule has 0 bridgehead atoms. The van der Waals surface area contributed by atoms with Crippen LogP contribution in [0, 0.1) is 0 Å². The van der Waals surface area contributed by atoms with Crippen molar-refractivity contribution in [2.75, 3.05) is 11.5 Å². The highest BCUT2D eigenvalue weighted by Crippen LogP contribution is 2.31. The first-order valence-electron chi connectivity index (χ1n) is 6.72. The van der Waals surface area contributed by atoms with Crippen molar-refractivity contribution in [3.05, 3.63) is 0 Å². The molecule has 0 unspecified atom stereocenters. The lowest BCUT2D eigenvalue weighted by Gasteiger charge is -2.05. The van der Waals surface area contributed by atoms with Crippen LogP contribution in [0.2, 0.25) is 0 Å². The Morgan fingerprint density at radius 3 is 2.05 bits per heavy atom. The van der Waals surface area contributed by atoms with Crippen LogP contribution in [0.25, 0.3) is 0 Å². The molecule has 1 aliphatic rings. The highest BCUT2D eigenvalue weighted by atomic mass is 32.2. The Balaban J connectivity index is 2.16. The summed E-state index contributed by atoms with van der Waals surface area (Å²) in [5, 5.41) is 8.74. The van der Waals surface area contributed by atoms with Crippen molar-refractivity contribution in [2.45, 2.75) is 57.7 Å². The zero-order valence-electron chi connectivity index (χ0n) is 11.3. The number of hydrogen-bond donors (Lipinski definition) is 1. The topological polar surface area (TPSA) is 96.5 Å². The fraction of sp³-hybridized carbons (Fsp3) is 0.917. The normalized spacial score (nSPS) is 17.3. The summed E-state index contributed by atoms with van der Waals surface area (Å²) in [4.78, 5) is 19.3. The third kappa shape index (κ3) is 5.88. The average molecular weight is 294 g/mol. The Hall–Kier alpha value is -0.660. The molecule has 6 nitrogen and oxygen atoms in total. The maximum absolute atomic E-state index is 11.7. The van der Waals surface area contributed by atoms with Gasteiger partial charge >= 0.3 is 11.8 Å². The third-order valence-corrected chi connectivity index (χ3v) is 4.81. The predicted molar refractivity (Wildman–Crippen MR) is 69.2 cm³/mol. The molecule has 1 saturated heterocycles. The van der Waals surface area contributed by atoms with Gasteiger partial charge < -0.3 is 5.11 Å². The summed E-state index contributed by atoms with van der Waals surface area (Å²) in [5.41, 5.74) is 0. The summed E-state index contributed by atoms with van der Waals surface area (Å²) in [6.45, 7) is 2.15. The Bertz CT molecular complexity index is 385. The predicted octanol–water partition coefficient (Wildman–Crippen LogP) is 1.89. The van der Waals surface area contributed by atoms with E-state index in [1.54, 1.807) is 0 Å². The molecule has 0 aromatic rings. The van der Waals surface area contributed by atoms with Crippen LogP contribution in [0.15, 0.2) is 0 Å². The molecule has 1 N–H and O–H groups in total. The number of hydrogen-bond acceptors (Lipinski definition) is 5. The molecular formula is C12H22O6S. The first-order chi connectivity index (χ1) is 8.92. The fourth-order valence-electron chi connectivity index (χ4n) is 1.87. The molecule has 1 fully saturated rings. The lowest BCUT2D eigenvalue weighted by Crippen LogP contribution is -2.33. The maximum Gasteiger partial charge on any atom is 0.371 e. The van der Waals surface area contributed by atoms with Crippen LogP contribution in [-0.4, -0.2) is 36.8 Å². The van der Waals surface area contributed by atoms with Gasteiger partial charge in [0.05, 0.1) is 5.75 Å². The van der Waals surface area contributed by atoms with E-state index in [0.717, 1.165) is 19.3 Å². The van der Waals surface area contributed by atoms with E-state index in [1.807, 2.05) is 0 Å². The highest BCUT2D eigenvalue weighted by Gasteiger charge is 2.60. The zero-order chi connectivity index (χ0) is 14.4. The molecule has 0 spiro atoms. The van der Waals surface area contributed by atoms with Gasteiger partial charge in [-0.2, -0.15) is 9.78 Å². The number of aliphatic carboxylic acids is 1. The van der Waals surface area contributed by atoms with E-state index in [4.69, 9.17) is 5.11 Å². The van der Waals surface area contributed by atoms with Gasteiger partial charge in [0.1, 0.15) is 5.75 Å². The standard InChI is InChI=1S/C12H22O6S/c1-2-3-4-5-6-7-8-9-19(15,16)10-12(11(13)14)17-18-12/h2-10H2,1H3,(H,13,14). The Labute approximate surface area is 113 Å². The average Bonchev–Trinajstić information content (AvgIpc) is 3.08. The highest BCUT2D eigenvalue weighted by molar-refractivity contribution is 7.91.